The van der Waals surface area contributed by atoms with Gasteiger partial charge in [-0.2, -0.15) is 13.2 Å². The van der Waals surface area contributed by atoms with Gasteiger partial charge in [-0.3, -0.25) is 18.7 Å². The van der Waals surface area contributed by atoms with E-state index in [4.69, 9.17) is 0 Å². The van der Waals surface area contributed by atoms with Crippen molar-refractivity contribution in [3.63, 3.8) is 0 Å². The van der Waals surface area contributed by atoms with Gasteiger partial charge in [0.05, 0.1) is 22.2 Å². The minimum absolute atomic E-state index is 0.0263. The zero-order valence-electron chi connectivity index (χ0n) is 24.2. The molecule has 3 aliphatic rings. The molecule has 0 N–H and O–H groups in total. The molecule has 0 unspecified atom stereocenters. The largest absolute Gasteiger partial charge is 0.418 e. The summed E-state index contributed by atoms with van der Waals surface area (Å²) in [5.41, 5.74) is -0.236. The number of hydrogen-bond donors (Lipinski definition) is 0. The lowest BCUT2D eigenvalue weighted by atomic mass is 9.72. The van der Waals surface area contributed by atoms with Gasteiger partial charge in [-0.05, 0) is 67.5 Å². The molecule has 2 atom stereocenters. The van der Waals surface area contributed by atoms with Gasteiger partial charge >= 0.3 is 11.9 Å². The number of carbonyl (C=O) groups is 1. The zero-order valence-corrected chi connectivity index (χ0v) is 24.2. The van der Waals surface area contributed by atoms with Crippen LogP contribution in [-0.4, -0.2) is 66.1 Å². The molecule has 1 aliphatic carbocycles. The van der Waals surface area contributed by atoms with Gasteiger partial charge in [0, 0.05) is 52.0 Å². The molecule has 3 fully saturated rings. The second-order valence-corrected chi connectivity index (χ2v) is 12.6. The molecule has 2 saturated heterocycles. The summed E-state index contributed by atoms with van der Waals surface area (Å²) in [5.74, 6) is 1.29. The first kappa shape index (κ1) is 27.9. The van der Waals surface area contributed by atoms with Crippen LogP contribution in [0.1, 0.15) is 60.5 Å². The standard InChI is InChI=1S/C31H34F3N7O2/c1-37-11-9-30(28(37)42)10-12-39(18-30)15-20-13-24(31(32,33)34)25-17-40(29(43)41(25)16-20)23-8-4-7-22(14-23)26(21-5-3-6-21)27-36-35-19-38(27)2/h4,7-8,13-14,16-17,19,21,26H,3,5-6,9-12,15,18H2,1-2H3/t26-,30+/m1/s1. The van der Waals surface area contributed by atoms with Crippen LogP contribution in [0.15, 0.2) is 53.8 Å². The summed E-state index contributed by atoms with van der Waals surface area (Å²) in [4.78, 5) is 30.2. The third kappa shape index (κ3) is 4.66. The van der Waals surface area contributed by atoms with Gasteiger partial charge < -0.3 is 9.47 Å². The fourth-order valence-electron chi connectivity index (χ4n) is 7.32. The van der Waals surface area contributed by atoms with Crippen LogP contribution in [0.2, 0.25) is 0 Å². The van der Waals surface area contributed by atoms with Crippen LogP contribution in [0.5, 0.6) is 0 Å². The normalized spacial score (nSPS) is 22.3. The number of carbonyl (C=O) groups excluding carboxylic acids is 1. The Morgan fingerprint density at radius 2 is 1.86 bits per heavy atom. The number of halogens is 3. The number of nitrogens with zero attached hydrogens (tertiary/aromatic N) is 7. The first-order chi connectivity index (χ1) is 20.5. The van der Waals surface area contributed by atoms with E-state index in [2.05, 4.69) is 10.2 Å². The highest BCUT2D eigenvalue weighted by Crippen LogP contribution is 2.43. The maximum absolute atomic E-state index is 14.4. The Bertz CT molecular complexity index is 1770. The zero-order chi connectivity index (χ0) is 30.1. The molecule has 1 saturated carbocycles. The minimum atomic E-state index is -4.65. The predicted molar refractivity (Wildman–Crippen MR) is 153 cm³/mol. The van der Waals surface area contributed by atoms with Crippen molar-refractivity contribution in [2.45, 2.75) is 50.7 Å². The van der Waals surface area contributed by atoms with E-state index in [0.717, 1.165) is 47.5 Å². The molecule has 2 aliphatic heterocycles. The van der Waals surface area contributed by atoms with Crippen molar-refractivity contribution in [3.05, 3.63) is 82.1 Å². The Balaban J connectivity index is 1.25. The summed E-state index contributed by atoms with van der Waals surface area (Å²) in [7, 11) is 3.69. The van der Waals surface area contributed by atoms with Crippen molar-refractivity contribution < 1.29 is 18.0 Å². The Morgan fingerprint density at radius 3 is 2.51 bits per heavy atom. The lowest BCUT2D eigenvalue weighted by Gasteiger charge is -2.33. The van der Waals surface area contributed by atoms with Gasteiger partial charge in [-0.25, -0.2) is 4.79 Å². The third-order valence-electron chi connectivity index (χ3n) is 9.85. The van der Waals surface area contributed by atoms with Gasteiger partial charge in [-0.1, -0.05) is 18.6 Å². The van der Waals surface area contributed by atoms with Crippen molar-refractivity contribution in [1.29, 1.82) is 0 Å². The number of imidazole rings is 1. The fourth-order valence-corrected chi connectivity index (χ4v) is 7.32. The second-order valence-electron chi connectivity index (χ2n) is 12.6. The molecule has 0 radical (unpaired) electrons. The van der Waals surface area contributed by atoms with Crippen molar-refractivity contribution in [1.82, 2.24) is 33.5 Å². The molecule has 5 heterocycles. The third-order valence-corrected chi connectivity index (χ3v) is 9.85. The summed E-state index contributed by atoms with van der Waals surface area (Å²) in [5, 5.41) is 8.43. The molecule has 1 aromatic carbocycles. The highest BCUT2D eigenvalue weighted by molar-refractivity contribution is 5.85. The van der Waals surface area contributed by atoms with Crippen LogP contribution in [0.3, 0.4) is 0 Å². The van der Waals surface area contributed by atoms with Crippen molar-refractivity contribution in [2.24, 2.45) is 18.4 Å². The van der Waals surface area contributed by atoms with E-state index >= 15 is 0 Å². The number of fused-ring (bicyclic) bond motifs is 1. The fraction of sp³-hybridized carbons (Fsp3) is 0.484. The van der Waals surface area contributed by atoms with Gasteiger partial charge in [0.25, 0.3) is 0 Å². The molecule has 0 bridgehead atoms. The molecule has 1 spiro atoms. The van der Waals surface area contributed by atoms with Crippen LogP contribution >= 0.6 is 0 Å². The highest BCUT2D eigenvalue weighted by Gasteiger charge is 2.49. The molecule has 3 aromatic heterocycles. The number of rotatable bonds is 6. The van der Waals surface area contributed by atoms with Crippen LogP contribution in [0.4, 0.5) is 13.2 Å². The van der Waals surface area contributed by atoms with Gasteiger partial charge in [0.15, 0.2) is 0 Å². The number of alkyl halides is 3. The number of aromatic nitrogens is 5. The van der Waals surface area contributed by atoms with E-state index in [1.165, 1.54) is 17.0 Å². The molecular formula is C31H34F3N7O2. The van der Waals surface area contributed by atoms with Crippen molar-refractivity contribution in [3.8, 4) is 5.69 Å². The van der Waals surface area contributed by atoms with E-state index in [1.807, 2.05) is 34.7 Å². The first-order valence-electron chi connectivity index (χ1n) is 14.8. The average Bonchev–Trinajstić information content (AvgIpc) is 3.70. The van der Waals surface area contributed by atoms with Crippen molar-refractivity contribution >= 4 is 11.4 Å². The van der Waals surface area contributed by atoms with E-state index in [9.17, 15) is 22.8 Å². The van der Waals surface area contributed by atoms with Crippen LogP contribution in [0.25, 0.3) is 11.2 Å². The molecule has 226 valence electrons. The number of aryl methyl sites for hydroxylation is 1. The van der Waals surface area contributed by atoms with Crippen LogP contribution < -0.4 is 5.69 Å². The monoisotopic (exact) mass is 593 g/mol. The molecule has 9 nitrogen and oxygen atoms in total. The maximum Gasteiger partial charge on any atom is 0.418 e. The first-order valence-corrected chi connectivity index (χ1v) is 14.8. The second kappa shape index (κ2) is 10.1. The molecule has 4 aromatic rings. The summed E-state index contributed by atoms with van der Waals surface area (Å²) in [6, 6.07) is 8.58. The maximum atomic E-state index is 14.4. The number of amides is 1. The quantitative estimate of drug-likeness (QED) is 0.335. The number of pyridine rings is 1. The predicted octanol–water partition coefficient (Wildman–Crippen LogP) is 4.22. The highest BCUT2D eigenvalue weighted by atomic mass is 19.4. The minimum Gasteiger partial charge on any atom is -0.345 e. The smallest absolute Gasteiger partial charge is 0.345 e. The number of likely N-dealkylation sites (tertiary alicyclic amines) is 2. The lowest BCUT2D eigenvalue weighted by molar-refractivity contribution is -0.136. The summed E-state index contributed by atoms with van der Waals surface area (Å²) >= 11 is 0. The lowest BCUT2D eigenvalue weighted by Crippen LogP contribution is -2.35. The van der Waals surface area contributed by atoms with E-state index in [0.29, 0.717) is 43.2 Å². The molecule has 43 heavy (non-hydrogen) atoms. The van der Waals surface area contributed by atoms with Crippen LogP contribution in [-0.2, 0) is 24.6 Å². The van der Waals surface area contributed by atoms with Crippen molar-refractivity contribution in [2.75, 3.05) is 26.7 Å². The Kier molecular flexibility index (Phi) is 6.53. The summed E-state index contributed by atoms with van der Waals surface area (Å²) in [6.45, 7) is 2.05. The summed E-state index contributed by atoms with van der Waals surface area (Å²) < 4.78 is 47.5. The Hall–Kier alpha value is -3.93. The Labute approximate surface area is 246 Å². The van der Waals surface area contributed by atoms with Gasteiger partial charge in [-0.15, -0.1) is 10.2 Å². The topological polar surface area (TPSA) is 80.7 Å². The average molecular weight is 594 g/mol. The van der Waals surface area contributed by atoms with E-state index in [-0.39, 0.29) is 23.9 Å². The van der Waals surface area contributed by atoms with E-state index in [1.54, 1.807) is 24.3 Å². The molecular weight excluding hydrogens is 559 g/mol. The Morgan fingerprint density at radius 1 is 1.07 bits per heavy atom. The molecule has 7 rings (SSSR count). The van der Waals surface area contributed by atoms with Crippen LogP contribution in [0, 0.1) is 11.3 Å². The molecule has 12 heteroatoms. The van der Waals surface area contributed by atoms with Gasteiger partial charge in [0.1, 0.15) is 12.2 Å². The summed E-state index contributed by atoms with van der Waals surface area (Å²) in [6.07, 6.45) is 4.49. The SMILES string of the molecule is CN1CC[C@@]2(CCN(Cc3cc(C(F)(F)F)c4cn(-c5cccc([C@H](c6nncn6C)C6CCC6)c5)c(=O)n4c3)C2)C1=O. The number of benzene rings is 1. The van der Waals surface area contributed by atoms with E-state index < -0.39 is 22.8 Å². The molecule has 1 amide bonds. The number of hydrogen-bond acceptors (Lipinski definition) is 5. The van der Waals surface area contributed by atoms with Gasteiger partial charge in [0.2, 0.25) is 5.91 Å².